The Morgan fingerprint density at radius 2 is 2.19 bits per heavy atom. The normalized spacial score (nSPS) is 10.4. The molecule has 0 saturated heterocycles. The summed E-state index contributed by atoms with van der Waals surface area (Å²) < 4.78 is 4.64. The molecule has 0 aromatic carbocycles. The Morgan fingerprint density at radius 3 is 2.86 bits per heavy atom. The highest BCUT2D eigenvalue weighted by Gasteiger charge is 2.09. The SMILES string of the molecule is CCCc1cc(C(=O)NCCc2ncon2)cc(NC)n1. The number of carbonyl (C=O) groups excluding carboxylic acids is 1. The molecule has 0 saturated carbocycles. The number of anilines is 1. The largest absolute Gasteiger partial charge is 0.373 e. The van der Waals surface area contributed by atoms with Crippen LogP contribution in [0.4, 0.5) is 5.82 Å². The molecule has 0 aliphatic rings. The lowest BCUT2D eigenvalue weighted by molar-refractivity contribution is 0.0953. The highest BCUT2D eigenvalue weighted by molar-refractivity contribution is 5.95. The maximum Gasteiger partial charge on any atom is 0.251 e. The second kappa shape index (κ2) is 7.37. The van der Waals surface area contributed by atoms with Crippen LogP contribution in [0.25, 0.3) is 0 Å². The first-order valence-electron chi connectivity index (χ1n) is 6.95. The number of rotatable bonds is 7. The maximum atomic E-state index is 12.2. The molecule has 1 amide bonds. The third-order valence-electron chi connectivity index (χ3n) is 2.94. The molecule has 7 heteroatoms. The van der Waals surface area contributed by atoms with Crippen LogP contribution in [0.5, 0.6) is 0 Å². The molecule has 2 heterocycles. The minimum atomic E-state index is -0.130. The molecule has 0 atom stereocenters. The molecule has 0 spiro atoms. The summed E-state index contributed by atoms with van der Waals surface area (Å²) in [7, 11) is 1.79. The molecular formula is C14H19N5O2. The summed E-state index contributed by atoms with van der Waals surface area (Å²) in [4.78, 5) is 20.5. The Balaban J connectivity index is 1.98. The van der Waals surface area contributed by atoms with Gasteiger partial charge in [0.05, 0.1) is 0 Å². The predicted molar refractivity (Wildman–Crippen MR) is 78.1 cm³/mol. The zero-order chi connectivity index (χ0) is 15.1. The van der Waals surface area contributed by atoms with Gasteiger partial charge in [-0.25, -0.2) is 4.98 Å². The van der Waals surface area contributed by atoms with Gasteiger partial charge in [0, 0.05) is 31.3 Å². The van der Waals surface area contributed by atoms with Gasteiger partial charge in [-0.3, -0.25) is 4.79 Å². The van der Waals surface area contributed by atoms with E-state index in [1.807, 2.05) is 6.07 Å². The number of hydrogen-bond donors (Lipinski definition) is 2. The lowest BCUT2D eigenvalue weighted by Crippen LogP contribution is -2.26. The lowest BCUT2D eigenvalue weighted by atomic mass is 10.1. The molecule has 7 nitrogen and oxygen atoms in total. The van der Waals surface area contributed by atoms with Gasteiger partial charge >= 0.3 is 0 Å². The number of pyridine rings is 1. The summed E-state index contributed by atoms with van der Waals surface area (Å²) in [6.07, 6.45) is 3.64. The monoisotopic (exact) mass is 289 g/mol. The van der Waals surface area contributed by atoms with Crippen LogP contribution in [0.2, 0.25) is 0 Å². The summed E-state index contributed by atoms with van der Waals surface area (Å²) in [5.74, 6) is 1.15. The molecular weight excluding hydrogens is 270 g/mol. The van der Waals surface area contributed by atoms with Gasteiger partial charge in [-0.05, 0) is 18.6 Å². The first-order chi connectivity index (χ1) is 10.2. The van der Waals surface area contributed by atoms with Crippen molar-refractivity contribution in [2.75, 3.05) is 18.9 Å². The van der Waals surface area contributed by atoms with Gasteiger partial charge in [-0.1, -0.05) is 18.5 Å². The van der Waals surface area contributed by atoms with E-state index < -0.39 is 0 Å². The predicted octanol–water partition coefficient (Wildman–Crippen LogP) is 1.43. The van der Waals surface area contributed by atoms with Gasteiger partial charge in [0.25, 0.3) is 5.91 Å². The fourth-order valence-electron chi connectivity index (χ4n) is 1.92. The molecule has 2 N–H and O–H groups in total. The van der Waals surface area contributed by atoms with E-state index in [2.05, 4.69) is 37.2 Å². The van der Waals surface area contributed by atoms with E-state index in [9.17, 15) is 4.79 Å². The summed E-state index contributed by atoms with van der Waals surface area (Å²) >= 11 is 0. The van der Waals surface area contributed by atoms with E-state index in [0.29, 0.717) is 30.2 Å². The molecule has 0 unspecified atom stereocenters. The zero-order valence-corrected chi connectivity index (χ0v) is 12.2. The van der Waals surface area contributed by atoms with Crippen molar-refractivity contribution in [2.24, 2.45) is 0 Å². The zero-order valence-electron chi connectivity index (χ0n) is 12.2. The van der Waals surface area contributed by atoms with E-state index >= 15 is 0 Å². The first-order valence-corrected chi connectivity index (χ1v) is 6.95. The second-order valence-electron chi connectivity index (χ2n) is 4.59. The van der Waals surface area contributed by atoms with Gasteiger partial charge < -0.3 is 15.2 Å². The molecule has 0 aliphatic heterocycles. The average Bonchev–Trinajstić information content (AvgIpc) is 3.00. The Hall–Kier alpha value is -2.44. The van der Waals surface area contributed by atoms with Crippen molar-refractivity contribution in [2.45, 2.75) is 26.2 Å². The first kappa shape index (κ1) is 15.0. The lowest BCUT2D eigenvalue weighted by Gasteiger charge is -2.08. The van der Waals surface area contributed by atoms with E-state index in [0.717, 1.165) is 18.5 Å². The van der Waals surface area contributed by atoms with Crippen LogP contribution in [-0.2, 0) is 12.8 Å². The molecule has 0 radical (unpaired) electrons. The van der Waals surface area contributed by atoms with Gasteiger partial charge in [0.1, 0.15) is 5.82 Å². The van der Waals surface area contributed by atoms with Crippen LogP contribution < -0.4 is 10.6 Å². The van der Waals surface area contributed by atoms with Crippen molar-refractivity contribution < 1.29 is 9.32 Å². The number of aromatic nitrogens is 3. The van der Waals surface area contributed by atoms with E-state index in [4.69, 9.17) is 0 Å². The highest BCUT2D eigenvalue weighted by Crippen LogP contribution is 2.11. The molecule has 0 aliphatic carbocycles. The summed E-state index contributed by atoms with van der Waals surface area (Å²) in [5.41, 5.74) is 1.51. The van der Waals surface area contributed by atoms with Crippen molar-refractivity contribution in [1.82, 2.24) is 20.4 Å². The van der Waals surface area contributed by atoms with Crippen LogP contribution in [0.3, 0.4) is 0 Å². The highest BCUT2D eigenvalue weighted by atomic mass is 16.5. The van der Waals surface area contributed by atoms with Crippen molar-refractivity contribution in [3.8, 4) is 0 Å². The fraction of sp³-hybridized carbons (Fsp3) is 0.429. The smallest absolute Gasteiger partial charge is 0.251 e. The van der Waals surface area contributed by atoms with Gasteiger partial charge in [-0.15, -0.1) is 0 Å². The third-order valence-corrected chi connectivity index (χ3v) is 2.94. The topological polar surface area (TPSA) is 92.9 Å². The number of amides is 1. The Bertz CT molecular complexity index is 583. The summed E-state index contributed by atoms with van der Waals surface area (Å²) in [6, 6.07) is 3.57. The second-order valence-corrected chi connectivity index (χ2v) is 4.59. The van der Waals surface area contributed by atoms with Crippen molar-refractivity contribution in [1.29, 1.82) is 0 Å². The Morgan fingerprint density at radius 1 is 1.33 bits per heavy atom. The average molecular weight is 289 g/mol. The van der Waals surface area contributed by atoms with Crippen molar-refractivity contribution >= 4 is 11.7 Å². The molecule has 2 rings (SSSR count). The van der Waals surface area contributed by atoms with Crippen LogP contribution in [0.1, 0.15) is 35.2 Å². The number of aryl methyl sites for hydroxylation is 1. The fourth-order valence-corrected chi connectivity index (χ4v) is 1.92. The molecule has 112 valence electrons. The third kappa shape index (κ3) is 4.27. The van der Waals surface area contributed by atoms with Crippen LogP contribution in [-0.4, -0.2) is 34.6 Å². The number of carbonyl (C=O) groups is 1. The van der Waals surface area contributed by atoms with Crippen LogP contribution >= 0.6 is 0 Å². The van der Waals surface area contributed by atoms with Crippen molar-refractivity contribution in [3.05, 3.63) is 35.6 Å². The molecule has 2 aromatic rings. The number of nitrogens with one attached hydrogen (secondary N) is 2. The molecule has 0 fully saturated rings. The van der Waals surface area contributed by atoms with E-state index in [-0.39, 0.29) is 5.91 Å². The van der Waals surface area contributed by atoms with Gasteiger partial charge in [0.15, 0.2) is 5.82 Å². The van der Waals surface area contributed by atoms with Crippen LogP contribution in [0, 0.1) is 0 Å². The summed E-state index contributed by atoms with van der Waals surface area (Å²) in [6.45, 7) is 2.54. The molecule has 21 heavy (non-hydrogen) atoms. The van der Waals surface area contributed by atoms with Crippen molar-refractivity contribution in [3.63, 3.8) is 0 Å². The quantitative estimate of drug-likeness (QED) is 0.801. The Kier molecular flexibility index (Phi) is 5.25. The van der Waals surface area contributed by atoms with E-state index in [1.54, 1.807) is 13.1 Å². The standard InChI is InChI=1S/C14H19N5O2/c1-3-4-11-7-10(8-13(15-2)18-11)14(20)16-6-5-12-17-9-21-19-12/h7-9H,3-6H2,1-2H3,(H,15,18)(H,16,20). The molecule has 0 bridgehead atoms. The molecule has 2 aromatic heterocycles. The minimum Gasteiger partial charge on any atom is -0.373 e. The van der Waals surface area contributed by atoms with Crippen LogP contribution in [0.15, 0.2) is 23.0 Å². The minimum absolute atomic E-state index is 0.130. The Labute approximate surface area is 123 Å². The van der Waals surface area contributed by atoms with E-state index in [1.165, 1.54) is 6.39 Å². The number of hydrogen-bond acceptors (Lipinski definition) is 6. The summed E-state index contributed by atoms with van der Waals surface area (Å²) in [5, 5.41) is 9.51. The van der Waals surface area contributed by atoms with Gasteiger partial charge in [-0.2, -0.15) is 4.98 Å². The maximum absolute atomic E-state index is 12.2. The van der Waals surface area contributed by atoms with Gasteiger partial charge in [0.2, 0.25) is 6.39 Å². The number of nitrogens with zero attached hydrogens (tertiary/aromatic N) is 3.